The number of nitrogens with zero attached hydrogens (tertiary/aromatic N) is 1. The van der Waals surface area contributed by atoms with E-state index in [1.807, 2.05) is 12.1 Å². The molecule has 5 rings (SSSR count). The third-order valence-corrected chi connectivity index (χ3v) is 6.14. The normalized spacial score (nSPS) is 17.6. The molecular weight excluding hydrogens is 350 g/mol. The molecule has 2 aliphatic rings. The Morgan fingerprint density at radius 1 is 1.00 bits per heavy atom. The Bertz CT molecular complexity index is 1070. The van der Waals surface area contributed by atoms with Gasteiger partial charge in [-0.1, -0.05) is 37.3 Å². The minimum absolute atomic E-state index is 0.162. The van der Waals surface area contributed by atoms with Crippen LogP contribution < -0.4 is 10.4 Å². The van der Waals surface area contributed by atoms with E-state index in [0.29, 0.717) is 12.6 Å². The Morgan fingerprint density at radius 3 is 2.61 bits per heavy atom. The molecule has 2 heterocycles. The van der Waals surface area contributed by atoms with Crippen LogP contribution in [0.1, 0.15) is 47.9 Å². The van der Waals surface area contributed by atoms with Crippen LogP contribution in [-0.4, -0.2) is 18.2 Å². The van der Waals surface area contributed by atoms with Crippen molar-refractivity contribution in [3.8, 4) is 5.75 Å². The Kier molecular flexibility index (Phi) is 4.44. The topological polar surface area (TPSA) is 42.7 Å². The van der Waals surface area contributed by atoms with Crippen LogP contribution in [0.3, 0.4) is 0 Å². The summed E-state index contributed by atoms with van der Waals surface area (Å²) in [4.78, 5) is 14.9. The molecule has 144 valence electrons. The number of ether oxygens (including phenoxy) is 1. The van der Waals surface area contributed by atoms with E-state index in [9.17, 15) is 4.79 Å². The number of benzene rings is 2. The Morgan fingerprint density at radius 2 is 1.79 bits per heavy atom. The van der Waals surface area contributed by atoms with Crippen molar-refractivity contribution >= 4 is 11.0 Å². The summed E-state index contributed by atoms with van der Waals surface area (Å²) >= 11 is 0. The summed E-state index contributed by atoms with van der Waals surface area (Å²) in [6, 6.07) is 14.7. The minimum atomic E-state index is -0.162. The number of rotatable bonds is 3. The van der Waals surface area contributed by atoms with Crippen molar-refractivity contribution in [2.24, 2.45) is 0 Å². The van der Waals surface area contributed by atoms with Crippen LogP contribution in [0.4, 0.5) is 0 Å². The first kappa shape index (κ1) is 17.5. The van der Waals surface area contributed by atoms with Crippen LogP contribution in [-0.2, 0) is 19.4 Å². The van der Waals surface area contributed by atoms with Gasteiger partial charge in [-0.15, -0.1) is 0 Å². The minimum Gasteiger partial charge on any atom is -0.478 e. The Balaban J connectivity index is 1.49. The van der Waals surface area contributed by atoms with E-state index in [1.165, 1.54) is 11.1 Å². The summed E-state index contributed by atoms with van der Waals surface area (Å²) in [7, 11) is 0. The lowest BCUT2D eigenvalue weighted by Gasteiger charge is -2.31. The number of hydrogen-bond donors (Lipinski definition) is 0. The van der Waals surface area contributed by atoms with Crippen molar-refractivity contribution in [3.05, 3.63) is 75.1 Å². The van der Waals surface area contributed by atoms with E-state index in [-0.39, 0.29) is 5.63 Å². The molecule has 1 aliphatic heterocycles. The highest BCUT2D eigenvalue weighted by atomic mass is 16.5. The Labute approximate surface area is 164 Å². The summed E-state index contributed by atoms with van der Waals surface area (Å²) < 4.78 is 11.9. The van der Waals surface area contributed by atoms with Gasteiger partial charge in [0.05, 0.1) is 5.56 Å². The molecule has 1 atom stereocenters. The van der Waals surface area contributed by atoms with E-state index in [1.54, 1.807) is 0 Å². The van der Waals surface area contributed by atoms with Crippen LogP contribution in [0.15, 0.2) is 51.7 Å². The first-order valence-corrected chi connectivity index (χ1v) is 10.2. The van der Waals surface area contributed by atoms with Gasteiger partial charge in [0.25, 0.3) is 0 Å². The third-order valence-electron chi connectivity index (χ3n) is 6.14. The molecule has 4 nitrogen and oxygen atoms in total. The second-order valence-corrected chi connectivity index (χ2v) is 8.07. The fraction of sp³-hybridized carbons (Fsp3) is 0.375. The molecule has 0 fully saturated rings. The van der Waals surface area contributed by atoms with E-state index in [2.05, 4.69) is 42.2 Å². The van der Waals surface area contributed by atoms with E-state index < -0.39 is 0 Å². The third kappa shape index (κ3) is 3.02. The second kappa shape index (κ2) is 7.10. The zero-order valence-corrected chi connectivity index (χ0v) is 16.2. The molecule has 0 saturated carbocycles. The molecule has 1 unspecified atom stereocenters. The highest BCUT2D eigenvalue weighted by Gasteiger charge is 2.26. The van der Waals surface area contributed by atoms with Gasteiger partial charge in [0.1, 0.15) is 18.1 Å². The molecular formula is C24H25NO3. The van der Waals surface area contributed by atoms with Gasteiger partial charge < -0.3 is 9.15 Å². The predicted octanol–water partition coefficient (Wildman–Crippen LogP) is 4.63. The molecule has 1 aromatic heterocycles. The number of fused-ring (bicyclic) bond motifs is 5. The molecule has 4 heteroatoms. The molecule has 3 aromatic rings. The van der Waals surface area contributed by atoms with Gasteiger partial charge in [-0.25, -0.2) is 4.79 Å². The van der Waals surface area contributed by atoms with Gasteiger partial charge in [-0.3, -0.25) is 4.90 Å². The fourth-order valence-corrected chi connectivity index (χ4v) is 4.65. The van der Waals surface area contributed by atoms with Crippen molar-refractivity contribution in [2.75, 3.05) is 13.3 Å². The number of aryl methyl sites for hydroxylation is 1. The quantitative estimate of drug-likeness (QED) is 0.626. The van der Waals surface area contributed by atoms with E-state index in [0.717, 1.165) is 66.6 Å². The largest absolute Gasteiger partial charge is 0.478 e. The van der Waals surface area contributed by atoms with Gasteiger partial charge in [-0.2, -0.15) is 0 Å². The lowest BCUT2D eigenvalue weighted by molar-refractivity contribution is 0.0908. The second-order valence-electron chi connectivity index (χ2n) is 8.07. The highest BCUT2D eigenvalue weighted by molar-refractivity contribution is 5.86. The maximum absolute atomic E-state index is 12.6. The molecule has 0 bridgehead atoms. The van der Waals surface area contributed by atoms with Crippen molar-refractivity contribution in [1.29, 1.82) is 0 Å². The maximum Gasteiger partial charge on any atom is 0.339 e. The lowest BCUT2D eigenvalue weighted by atomic mass is 9.90. The fourth-order valence-electron chi connectivity index (χ4n) is 4.65. The summed E-state index contributed by atoms with van der Waals surface area (Å²) in [6.45, 7) is 4.44. The van der Waals surface area contributed by atoms with E-state index >= 15 is 0 Å². The van der Waals surface area contributed by atoms with Crippen molar-refractivity contribution in [2.45, 2.75) is 45.1 Å². The molecule has 0 radical (unpaired) electrons. The van der Waals surface area contributed by atoms with Crippen LogP contribution >= 0.6 is 0 Å². The van der Waals surface area contributed by atoms with Gasteiger partial charge in [-0.05, 0) is 54.9 Å². The molecule has 1 aliphatic carbocycles. The van der Waals surface area contributed by atoms with Gasteiger partial charge in [0, 0.05) is 24.0 Å². The summed E-state index contributed by atoms with van der Waals surface area (Å²) in [5.74, 6) is 1.25. The molecule has 0 saturated heterocycles. The standard InChI is InChI=1S/C24H25NO3/c1-16(17-7-3-2-4-8-17)13-25-14-21-22(27-15-25)12-11-19-18-9-5-6-10-20(18)24(26)28-23(19)21/h2-4,7-8,11-12,16H,5-6,9-10,13-15H2,1H3. The smallest absolute Gasteiger partial charge is 0.339 e. The highest BCUT2D eigenvalue weighted by Crippen LogP contribution is 2.36. The van der Waals surface area contributed by atoms with Crippen molar-refractivity contribution in [1.82, 2.24) is 4.90 Å². The average molecular weight is 375 g/mol. The van der Waals surface area contributed by atoms with Gasteiger partial charge >= 0.3 is 5.63 Å². The van der Waals surface area contributed by atoms with Gasteiger partial charge in [0.15, 0.2) is 0 Å². The van der Waals surface area contributed by atoms with Crippen LogP contribution in [0.5, 0.6) is 5.75 Å². The first-order chi connectivity index (χ1) is 13.7. The van der Waals surface area contributed by atoms with Crippen LogP contribution in [0.2, 0.25) is 0 Å². The molecule has 2 aromatic carbocycles. The Hall–Kier alpha value is -2.59. The molecule has 0 N–H and O–H groups in total. The monoisotopic (exact) mass is 375 g/mol. The zero-order valence-electron chi connectivity index (χ0n) is 16.2. The molecule has 0 amide bonds. The average Bonchev–Trinajstić information content (AvgIpc) is 2.74. The predicted molar refractivity (Wildman–Crippen MR) is 110 cm³/mol. The maximum atomic E-state index is 12.6. The lowest BCUT2D eigenvalue weighted by Crippen LogP contribution is -2.35. The molecule has 0 spiro atoms. The van der Waals surface area contributed by atoms with Crippen molar-refractivity contribution in [3.63, 3.8) is 0 Å². The first-order valence-electron chi connectivity index (χ1n) is 10.2. The van der Waals surface area contributed by atoms with Crippen LogP contribution in [0.25, 0.3) is 11.0 Å². The summed E-state index contributed by atoms with van der Waals surface area (Å²) in [5.41, 5.74) is 4.96. The van der Waals surface area contributed by atoms with Crippen LogP contribution in [0, 0.1) is 0 Å². The number of hydrogen-bond acceptors (Lipinski definition) is 4. The summed E-state index contributed by atoms with van der Waals surface area (Å²) in [5, 5.41) is 1.09. The zero-order chi connectivity index (χ0) is 19.1. The SMILES string of the molecule is CC(CN1COc2ccc3c4c(c(=O)oc3c2C1)CCCC4)c1ccccc1. The summed E-state index contributed by atoms with van der Waals surface area (Å²) in [6.07, 6.45) is 4.01. The van der Waals surface area contributed by atoms with E-state index in [4.69, 9.17) is 9.15 Å². The molecule has 28 heavy (non-hydrogen) atoms. The van der Waals surface area contributed by atoms with Gasteiger partial charge in [0.2, 0.25) is 0 Å². The van der Waals surface area contributed by atoms with Crippen molar-refractivity contribution < 1.29 is 9.15 Å².